The summed E-state index contributed by atoms with van der Waals surface area (Å²) >= 11 is 0. The fourth-order valence-electron chi connectivity index (χ4n) is 2.70. The van der Waals surface area contributed by atoms with E-state index >= 15 is 0 Å². The maximum absolute atomic E-state index is 5.87. The van der Waals surface area contributed by atoms with Crippen molar-refractivity contribution in [1.29, 1.82) is 0 Å². The van der Waals surface area contributed by atoms with Crippen molar-refractivity contribution in [3.63, 3.8) is 0 Å². The van der Waals surface area contributed by atoms with E-state index < -0.39 is 0 Å². The van der Waals surface area contributed by atoms with Gasteiger partial charge < -0.3 is 10.3 Å². The van der Waals surface area contributed by atoms with E-state index in [2.05, 4.69) is 12.1 Å². The van der Waals surface area contributed by atoms with Crippen LogP contribution in [0.4, 0.5) is 5.82 Å². The molecular weight excluding hydrogens is 200 g/mol. The van der Waals surface area contributed by atoms with Crippen molar-refractivity contribution in [2.75, 3.05) is 5.73 Å². The van der Waals surface area contributed by atoms with Crippen LogP contribution in [0, 0.1) is 0 Å². The molecule has 0 aromatic carbocycles. The van der Waals surface area contributed by atoms with E-state index in [4.69, 9.17) is 10.3 Å². The quantitative estimate of drug-likeness (QED) is 0.794. The molecule has 1 heterocycles. The number of nitrogens with zero attached hydrogens (tertiary/aromatic N) is 1. The number of anilines is 1. The maximum atomic E-state index is 5.87. The van der Waals surface area contributed by atoms with Crippen LogP contribution in [-0.2, 0) is 6.42 Å². The van der Waals surface area contributed by atoms with E-state index in [1.807, 2.05) is 0 Å². The second-order valence-corrected chi connectivity index (χ2v) is 4.85. The van der Waals surface area contributed by atoms with E-state index in [0.29, 0.717) is 11.7 Å². The Morgan fingerprint density at radius 3 is 2.56 bits per heavy atom. The molecule has 1 saturated carbocycles. The van der Waals surface area contributed by atoms with Crippen molar-refractivity contribution in [3.05, 3.63) is 11.3 Å². The van der Waals surface area contributed by atoms with Crippen LogP contribution in [0.3, 0.4) is 0 Å². The van der Waals surface area contributed by atoms with Gasteiger partial charge in [0, 0.05) is 11.5 Å². The summed E-state index contributed by atoms with van der Waals surface area (Å²) in [7, 11) is 0. The van der Waals surface area contributed by atoms with Crippen LogP contribution in [0.5, 0.6) is 0 Å². The van der Waals surface area contributed by atoms with Crippen LogP contribution in [0.25, 0.3) is 0 Å². The van der Waals surface area contributed by atoms with Crippen LogP contribution in [0.1, 0.15) is 69.1 Å². The molecule has 1 aromatic heterocycles. The molecule has 0 saturated heterocycles. The first-order valence-electron chi connectivity index (χ1n) is 6.56. The van der Waals surface area contributed by atoms with Gasteiger partial charge in [-0.1, -0.05) is 44.2 Å². The molecule has 3 heteroatoms. The highest BCUT2D eigenvalue weighted by molar-refractivity contribution is 5.41. The predicted octanol–water partition coefficient (Wildman–Crippen LogP) is 3.65. The highest BCUT2D eigenvalue weighted by atomic mass is 16.5. The number of rotatable bonds is 3. The minimum atomic E-state index is 0.564. The molecule has 2 rings (SSSR count). The Morgan fingerprint density at radius 1 is 1.25 bits per heavy atom. The molecule has 16 heavy (non-hydrogen) atoms. The van der Waals surface area contributed by atoms with Gasteiger partial charge in [0.1, 0.15) is 5.76 Å². The van der Waals surface area contributed by atoms with E-state index in [1.165, 1.54) is 44.1 Å². The number of nitrogens with two attached hydrogens (primary N) is 1. The smallest absolute Gasteiger partial charge is 0.170 e. The van der Waals surface area contributed by atoms with Crippen molar-refractivity contribution in [2.24, 2.45) is 0 Å². The summed E-state index contributed by atoms with van der Waals surface area (Å²) in [6.45, 7) is 2.17. The zero-order valence-corrected chi connectivity index (χ0v) is 10.2. The normalized spacial score (nSPS) is 18.6. The molecule has 90 valence electrons. The third-order valence-corrected chi connectivity index (χ3v) is 3.57. The van der Waals surface area contributed by atoms with Gasteiger partial charge in [-0.15, -0.1) is 0 Å². The largest absolute Gasteiger partial charge is 0.381 e. The standard InChI is InChI=1S/C13H22N2O/c1-2-7-11-12(16-15-13(11)14)10-8-5-3-4-6-9-10/h10H,2-9H2,1H3,(H2,14,15). The summed E-state index contributed by atoms with van der Waals surface area (Å²) in [5, 5.41) is 3.94. The highest BCUT2D eigenvalue weighted by Crippen LogP contribution is 2.35. The van der Waals surface area contributed by atoms with Crippen molar-refractivity contribution >= 4 is 5.82 Å². The van der Waals surface area contributed by atoms with Gasteiger partial charge in [0.25, 0.3) is 0 Å². The van der Waals surface area contributed by atoms with Crippen LogP contribution in [0.2, 0.25) is 0 Å². The third kappa shape index (κ3) is 2.39. The molecule has 1 fully saturated rings. The number of aromatic nitrogens is 1. The van der Waals surface area contributed by atoms with Gasteiger partial charge in [0.05, 0.1) is 0 Å². The Morgan fingerprint density at radius 2 is 1.94 bits per heavy atom. The van der Waals surface area contributed by atoms with E-state index in [9.17, 15) is 0 Å². The number of nitrogen functional groups attached to an aromatic ring is 1. The minimum Gasteiger partial charge on any atom is -0.381 e. The molecule has 0 amide bonds. The van der Waals surface area contributed by atoms with Crippen molar-refractivity contribution < 1.29 is 4.52 Å². The van der Waals surface area contributed by atoms with Gasteiger partial charge in [-0.05, 0) is 19.3 Å². The molecular formula is C13H22N2O. The lowest BCUT2D eigenvalue weighted by molar-refractivity contribution is 0.347. The summed E-state index contributed by atoms with van der Waals surface area (Å²) in [6.07, 6.45) is 9.95. The molecule has 0 atom stereocenters. The predicted molar refractivity (Wildman–Crippen MR) is 65.4 cm³/mol. The van der Waals surface area contributed by atoms with Gasteiger partial charge in [0.2, 0.25) is 0 Å². The molecule has 0 spiro atoms. The van der Waals surface area contributed by atoms with Crippen molar-refractivity contribution in [3.8, 4) is 0 Å². The Labute approximate surface area is 97.4 Å². The van der Waals surface area contributed by atoms with Gasteiger partial charge in [-0.2, -0.15) is 0 Å². The topological polar surface area (TPSA) is 52.0 Å². The lowest BCUT2D eigenvalue weighted by Gasteiger charge is -2.11. The number of hydrogen-bond donors (Lipinski definition) is 1. The zero-order chi connectivity index (χ0) is 11.4. The Hall–Kier alpha value is -0.990. The van der Waals surface area contributed by atoms with E-state index in [1.54, 1.807) is 0 Å². The summed E-state index contributed by atoms with van der Waals surface area (Å²) in [6, 6.07) is 0. The third-order valence-electron chi connectivity index (χ3n) is 3.57. The zero-order valence-electron chi connectivity index (χ0n) is 10.2. The van der Waals surface area contributed by atoms with Gasteiger partial charge in [0.15, 0.2) is 5.82 Å². The highest BCUT2D eigenvalue weighted by Gasteiger charge is 2.23. The monoisotopic (exact) mass is 222 g/mol. The molecule has 1 aliphatic rings. The van der Waals surface area contributed by atoms with Gasteiger partial charge in [-0.3, -0.25) is 0 Å². The Bertz CT molecular complexity index is 325. The van der Waals surface area contributed by atoms with Crippen LogP contribution >= 0.6 is 0 Å². The van der Waals surface area contributed by atoms with Gasteiger partial charge in [-0.25, -0.2) is 0 Å². The van der Waals surface area contributed by atoms with Gasteiger partial charge >= 0.3 is 0 Å². The lowest BCUT2D eigenvalue weighted by Crippen LogP contribution is -2.01. The fraction of sp³-hybridized carbons (Fsp3) is 0.769. The van der Waals surface area contributed by atoms with Crippen LogP contribution in [0.15, 0.2) is 4.52 Å². The average Bonchev–Trinajstić information content (AvgIpc) is 2.55. The van der Waals surface area contributed by atoms with E-state index in [0.717, 1.165) is 18.6 Å². The summed E-state index contributed by atoms with van der Waals surface area (Å²) in [5.41, 5.74) is 7.04. The molecule has 0 radical (unpaired) electrons. The SMILES string of the molecule is CCCc1c(N)noc1C1CCCCCC1. The minimum absolute atomic E-state index is 0.564. The second kappa shape index (κ2) is 5.37. The number of hydrogen-bond acceptors (Lipinski definition) is 3. The average molecular weight is 222 g/mol. The summed E-state index contributed by atoms with van der Waals surface area (Å²) in [4.78, 5) is 0. The molecule has 0 aliphatic heterocycles. The molecule has 0 unspecified atom stereocenters. The first kappa shape index (κ1) is 11.5. The maximum Gasteiger partial charge on any atom is 0.170 e. The van der Waals surface area contributed by atoms with E-state index in [-0.39, 0.29) is 0 Å². The molecule has 1 aliphatic carbocycles. The van der Waals surface area contributed by atoms with Crippen molar-refractivity contribution in [2.45, 2.75) is 64.2 Å². The van der Waals surface area contributed by atoms with Crippen molar-refractivity contribution in [1.82, 2.24) is 5.16 Å². The summed E-state index contributed by atoms with van der Waals surface area (Å²) < 4.78 is 5.47. The summed E-state index contributed by atoms with van der Waals surface area (Å²) in [5.74, 6) is 2.26. The Kier molecular flexibility index (Phi) is 3.86. The fourth-order valence-corrected chi connectivity index (χ4v) is 2.70. The molecule has 0 bridgehead atoms. The molecule has 3 nitrogen and oxygen atoms in total. The molecule has 1 aromatic rings. The second-order valence-electron chi connectivity index (χ2n) is 4.85. The van der Waals surface area contributed by atoms with Crippen LogP contribution < -0.4 is 5.73 Å². The molecule has 2 N–H and O–H groups in total. The van der Waals surface area contributed by atoms with Crippen LogP contribution in [-0.4, -0.2) is 5.16 Å². The Balaban J connectivity index is 2.17. The first-order chi connectivity index (χ1) is 7.83. The lowest BCUT2D eigenvalue weighted by atomic mass is 9.93. The first-order valence-corrected chi connectivity index (χ1v) is 6.56.